The number of methoxy groups -OCH3 is 1. The van der Waals surface area contributed by atoms with Gasteiger partial charge in [0.2, 0.25) is 0 Å². The molecule has 9 heteroatoms. The number of ether oxygens (including phenoxy) is 3. The molecule has 0 spiro atoms. The van der Waals surface area contributed by atoms with Gasteiger partial charge in [0, 0.05) is 29.9 Å². The summed E-state index contributed by atoms with van der Waals surface area (Å²) < 4.78 is 51.6. The van der Waals surface area contributed by atoms with Gasteiger partial charge >= 0.3 is 12.3 Å². The average molecular weight is 383 g/mol. The Bertz CT molecular complexity index is 869. The predicted octanol–water partition coefficient (Wildman–Crippen LogP) is 4.60. The molecule has 0 aliphatic heterocycles. The molecule has 0 amide bonds. The number of aromatic carboxylic acids is 1. The summed E-state index contributed by atoms with van der Waals surface area (Å²) in [4.78, 5) is 15.6. The fourth-order valence-electron chi connectivity index (χ4n) is 2.68. The molecule has 0 bridgehead atoms. The number of hydrogen-bond acceptors (Lipinski definition) is 5. The van der Waals surface area contributed by atoms with Crippen LogP contribution in [0, 0.1) is 5.92 Å². The van der Waals surface area contributed by atoms with Gasteiger partial charge in [-0.05, 0) is 24.5 Å². The number of aromatic nitrogens is 1. The van der Waals surface area contributed by atoms with Crippen molar-refractivity contribution < 1.29 is 37.3 Å². The molecule has 1 heterocycles. The predicted molar refractivity (Wildman–Crippen MR) is 87.5 cm³/mol. The Hall–Kier alpha value is -2.97. The highest BCUT2D eigenvalue weighted by Gasteiger charge is 2.36. The molecule has 1 aliphatic rings. The quantitative estimate of drug-likeness (QED) is 0.785. The molecule has 2 aromatic rings. The lowest BCUT2D eigenvalue weighted by Crippen LogP contribution is -2.17. The third-order valence-corrected chi connectivity index (χ3v) is 4.20. The molecule has 1 N–H and O–H groups in total. The lowest BCUT2D eigenvalue weighted by Gasteiger charge is -2.15. The van der Waals surface area contributed by atoms with Crippen molar-refractivity contribution in [1.29, 1.82) is 0 Å². The lowest BCUT2D eigenvalue weighted by molar-refractivity contribution is -0.274. The van der Waals surface area contributed by atoms with Gasteiger partial charge in [0.25, 0.3) is 0 Å². The summed E-state index contributed by atoms with van der Waals surface area (Å²) >= 11 is 0. The summed E-state index contributed by atoms with van der Waals surface area (Å²) in [6.45, 7) is 2.06. The molecule has 2 atom stereocenters. The van der Waals surface area contributed by atoms with Crippen molar-refractivity contribution in [2.24, 2.45) is 5.92 Å². The zero-order chi connectivity index (χ0) is 19.8. The molecule has 1 saturated carbocycles. The van der Waals surface area contributed by atoms with Gasteiger partial charge in [0.05, 0.1) is 7.11 Å². The second-order valence-electron chi connectivity index (χ2n) is 6.19. The lowest BCUT2D eigenvalue weighted by atomic mass is 10.1. The van der Waals surface area contributed by atoms with Gasteiger partial charge in [-0.15, -0.1) is 13.2 Å². The Kier molecular flexibility index (Phi) is 4.86. The van der Waals surface area contributed by atoms with Crippen molar-refractivity contribution in [2.45, 2.75) is 25.6 Å². The monoisotopic (exact) mass is 383 g/mol. The first kappa shape index (κ1) is 18.8. The molecule has 1 fully saturated rings. The van der Waals surface area contributed by atoms with Crippen molar-refractivity contribution in [3.05, 3.63) is 41.7 Å². The number of alkyl halides is 3. The van der Waals surface area contributed by atoms with Gasteiger partial charge in [-0.2, -0.15) is 0 Å². The van der Waals surface area contributed by atoms with Crippen LogP contribution >= 0.6 is 0 Å². The third kappa shape index (κ3) is 4.42. The SMILES string of the molecule is COc1cc(OC(F)(F)F)ccc1Oc1cc(C2CC2C)ncc1C(=O)O. The summed E-state index contributed by atoms with van der Waals surface area (Å²) in [5, 5.41) is 9.34. The Morgan fingerprint density at radius 1 is 1.22 bits per heavy atom. The van der Waals surface area contributed by atoms with Crippen LogP contribution in [0.15, 0.2) is 30.5 Å². The highest BCUT2D eigenvalue weighted by Crippen LogP contribution is 2.47. The van der Waals surface area contributed by atoms with Crippen LogP contribution in [0.1, 0.15) is 35.3 Å². The van der Waals surface area contributed by atoms with E-state index in [1.807, 2.05) is 0 Å². The van der Waals surface area contributed by atoms with Crippen molar-refractivity contribution >= 4 is 5.97 Å². The van der Waals surface area contributed by atoms with Crippen LogP contribution in [-0.2, 0) is 0 Å². The number of benzene rings is 1. The molecule has 0 radical (unpaired) electrons. The maximum atomic E-state index is 12.4. The average Bonchev–Trinajstić information content (AvgIpc) is 3.31. The summed E-state index contributed by atoms with van der Waals surface area (Å²) in [7, 11) is 1.25. The van der Waals surface area contributed by atoms with Crippen molar-refractivity contribution in [2.75, 3.05) is 7.11 Å². The van der Waals surface area contributed by atoms with Crippen molar-refractivity contribution in [1.82, 2.24) is 4.98 Å². The molecule has 27 heavy (non-hydrogen) atoms. The highest BCUT2D eigenvalue weighted by atomic mass is 19.4. The first-order chi connectivity index (χ1) is 12.7. The van der Waals surface area contributed by atoms with Crippen molar-refractivity contribution in [3.63, 3.8) is 0 Å². The fraction of sp³-hybridized carbons (Fsp3) is 0.333. The Labute approximate surface area is 152 Å². The van der Waals surface area contributed by atoms with E-state index in [2.05, 4.69) is 16.6 Å². The topological polar surface area (TPSA) is 77.9 Å². The van der Waals surface area contributed by atoms with Crippen LogP contribution in [0.2, 0.25) is 0 Å². The standard InChI is InChI=1S/C18H16F3NO5/c1-9-5-11(9)13-7-15(12(8-22-13)17(23)24)26-14-4-3-10(6-16(14)25-2)27-18(19,20)21/h3-4,6-9,11H,5H2,1-2H3,(H,23,24). The number of nitrogens with zero attached hydrogens (tertiary/aromatic N) is 1. The molecule has 6 nitrogen and oxygen atoms in total. The molecular formula is C18H16F3NO5. The first-order valence-electron chi connectivity index (χ1n) is 8.03. The number of carbonyl (C=O) groups is 1. The number of pyridine rings is 1. The second-order valence-corrected chi connectivity index (χ2v) is 6.19. The summed E-state index contributed by atoms with van der Waals surface area (Å²) in [6, 6.07) is 4.81. The second kappa shape index (κ2) is 6.98. The van der Waals surface area contributed by atoms with E-state index in [1.54, 1.807) is 0 Å². The molecule has 2 unspecified atom stereocenters. The van der Waals surface area contributed by atoms with Crippen LogP contribution in [-0.4, -0.2) is 29.5 Å². The van der Waals surface area contributed by atoms with Crippen LogP contribution in [0.4, 0.5) is 13.2 Å². The minimum Gasteiger partial charge on any atom is -0.493 e. The zero-order valence-corrected chi connectivity index (χ0v) is 14.4. The normalized spacial score (nSPS) is 18.7. The molecule has 144 valence electrons. The molecule has 3 rings (SSSR count). The first-order valence-corrected chi connectivity index (χ1v) is 8.03. The van der Waals surface area contributed by atoms with Gasteiger partial charge in [-0.25, -0.2) is 4.79 Å². The fourth-order valence-corrected chi connectivity index (χ4v) is 2.68. The van der Waals surface area contributed by atoms with E-state index in [4.69, 9.17) is 9.47 Å². The van der Waals surface area contributed by atoms with Crippen LogP contribution in [0.5, 0.6) is 23.0 Å². The Morgan fingerprint density at radius 3 is 2.48 bits per heavy atom. The number of halogens is 3. The van der Waals surface area contributed by atoms with Gasteiger partial charge < -0.3 is 19.3 Å². The third-order valence-electron chi connectivity index (χ3n) is 4.20. The van der Waals surface area contributed by atoms with E-state index in [9.17, 15) is 23.1 Å². The van der Waals surface area contributed by atoms with Gasteiger partial charge in [0.1, 0.15) is 17.1 Å². The smallest absolute Gasteiger partial charge is 0.493 e. The zero-order valence-electron chi connectivity index (χ0n) is 14.4. The summed E-state index contributed by atoms with van der Waals surface area (Å²) in [5.74, 6) is -0.971. The number of carboxylic acids is 1. The Morgan fingerprint density at radius 2 is 1.93 bits per heavy atom. The van der Waals surface area contributed by atoms with Crippen LogP contribution in [0.25, 0.3) is 0 Å². The van der Waals surface area contributed by atoms with Crippen LogP contribution < -0.4 is 14.2 Å². The molecule has 1 aromatic heterocycles. The number of rotatable bonds is 6. The summed E-state index contributed by atoms with van der Waals surface area (Å²) in [5.41, 5.74) is 0.545. The minimum atomic E-state index is -4.84. The molecular weight excluding hydrogens is 367 g/mol. The van der Waals surface area contributed by atoms with Gasteiger partial charge in [0.15, 0.2) is 11.5 Å². The van der Waals surface area contributed by atoms with E-state index < -0.39 is 18.1 Å². The van der Waals surface area contributed by atoms with Crippen LogP contribution in [0.3, 0.4) is 0 Å². The van der Waals surface area contributed by atoms with E-state index in [1.165, 1.54) is 25.4 Å². The number of carboxylic acid groups (broad SMARTS) is 1. The minimum absolute atomic E-state index is 0.0359. The van der Waals surface area contributed by atoms with Gasteiger partial charge in [-0.3, -0.25) is 4.98 Å². The van der Waals surface area contributed by atoms with E-state index >= 15 is 0 Å². The maximum absolute atomic E-state index is 12.4. The van der Waals surface area contributed by atoms with Crippen molar-refractivity contribution in [3.8, 4) is 23.0 Å². The van der Waals surface area contributed by atoms with E-state index in [0.717, 1.165) is 18.6 Å². The summed E-state index contributed by atoms with van der Waals surface area (Å²) in [6.07, 6.45) is -2.68. The maximum Gasteiger partial charge on any atom is 0.573 e. The molecule has 1 aliphatic carbocycles. The number of hydrogen-bond donors (Lipinski definition) is 1. The highest BCUT2D eigenvalue weighted by molar-refractivity contribution is 5.90. The largest absolute Gasteiger partial charge is 0.573 e. The van der Waals surface area contributed by atoms with E-state index in [-0.39, 0.29) is 28.7 Å². The molecule has 0 saturated heterocycles. The van der Waals surface area contributed by atoms with Gasteiger partial charge in [-0.1, -0.05) is 6.92 Å². The molecule has 1 aromatic carbocycles. The Balaban J connectivity index is 1.92. The van der Waals surface area contributed by atoms with E-state index in [0.29, 0.717) is 11.6 Å².